The van der Waals surface area contributed by atoms with Gasteiger partial charge < -0.3 is 15.3 Å². The Balaban J connectivity index is 1.55. The van der Waals surface area contributed by atoms with Gasteiger partial charge in [-0.05, 0) is 44.2 Å². The largest absolute Gasteiger partial charge is 0.480 e. The van der Waals surface area contributed by atoms with E-state index in [2.05, 4.69) is 15.2 Å². The first-order valence-electron chi connectivity index (χ1n) is 7.92. The van der Waals surface area contributed by atoms with Gasteiger partial charge in [-0.2, -0.15) is 0 Å². The number of carboxylic acids is 1. The van der Waals surface area contributed by atoms with Crippen LogP contribution in [0.15, 0.2) is 18.3 Å². The number of amides is 1. The first-order valence-corrected chi connectivity index (χ1v) is 8.30. The van der Waals surface area contributed by atoms with E-state index in [0.29, 0.717) is 30.7 Å². The van der Waals surface area contributed by atoms with Gasteiger partial charge in [0.1, 0.15) is 11.4 Å². The number of halogens is 1. The molecule has 1 saturated heterocycles. The van der Waals surface area contributed by atoms with Crippen LogP contribution in [0.3, 0.4) is 0 Å². The fourth-order valence-corrected chi connectivity index (χ4v) is 3.30. The number of carbonyl (C=O) groups is 2. The number of piperidine rings is 1. The van der Waals surface area contributed by atoms with Gasteiger partial charge in [0, 0.05) is 25.2 Å². The molecule has 2 N–H and O–H groups in total. The van der Waals surface area contributed by atoms with Crippen molar-refractivity contribution in [3.63, 3.8) is 0 Å². The van der Waals surface area contributed by atoms with Crippen molar-refractivity contribution < 1.29 is 14.7 Å². The maximum atomic E-state index is 12.4. The van der Waals surface area contributed by atoms with E-state index in [1.807, 2.05) is 6.07 Å². The van der Waals surface area contributed by atoms with Gasteiger partial charge in [0.2, 0.25) is 5.91 Å². The highest BCUT2D eigenvalue weighted by atomic mass is 35.5. The number of aromatic nitrogens is 1. The molecule has 1 aromatic rings. The number of carbonyl (C=O) groups excluding carboxylic acids is 1. The summed E-state index contributed by atoms with van der Waals surface area (Å²) in [6.45, 7) is 1.46. The smallest absolute Gasteiger partial charge is 0.329 e. The van der Waals surface area contributed by atoms with E-state index < -0.39 is 11.5 Å². The minimum Gasteiger partial charge on any atom is -0.480 e. The van der Waals surface area contributed by atoms with Crippen LogP contribution in [0.2, 0.25) is 5.02 Å². The quantitative estimate of drug-likeness (QED) is 0.879. The number of nitrogens with zero attached hydrogens (tertiary/aromatic N) is 2. The molecule has 124 valence electrons. The van der Waals surface area contributed by atoms with E-state index in [-0.39, 0.29) is 11.8 Å². The SMILES string of the molecule is O=C(NC1(C(=O)O)CCC1)C1CCN(c2ccc(Cl)cn2)CC1. The lowest BCUT2D eigenvalue weighted by Crippen LogP contribution is -2.60. The third-order valence-corrected chi connectivity index (χ3v) is 5.10. The summed E-state index contributed by atoms with van der Waals surface area (Å²) in [5, 5.41) is 12.7. The molecule has 2 heterocycles. The van der Waals surface area contributed by atoms with E-state index in [1.54, 1.807) is 12.3 Å². The summed E-state index contributed by atoms with van der Waals surface area (Å²) in [5.74, 6) is -0.319. The maximum Gasteiger partial charge on any atom is 0.329 e. The molecule has 6 nitrogen and oxygen atoms in total. The standard InChI is InChI=1S/C16H20ClN3O3/c17-12-2-3-13(18-10-12)20-8-4-11(5-9-20)14(21)19-16(15(22)23)6-1-7-16/h2-3,10-11H,1,4-9H2,(H,19,21)(H,22,23). The molecule has 3 rings (SSSR count). The number of anilines is 1. The zero-order valence-electron chi connectivity index (χ0n) is 12.8. The Kier molecular flexibility index (Phi) is 4.43. The van der Waals surface area contributed by atoms with Crippen molar-refractivity contribution in [3.05, 3.63) is 23.4 Å². The van der Waals surface area contributed by atoms with E-state index >= 15 is 0 Å². The van der Waals surface area contributed by atoms with Gasteiger partial charge in [-0.1, -0.05) is 11.6 Å². The van der Waals surface area contributed by atoms with Crippen molar-refractivity contribution >= 4 is 29.3 Å². The molecule has 0 atom stereocenters. The molecule has 7 heteroatoms. The molecular weight excluding hydrogens is 318 g/mol. The summed E-state index contributed by atoms with van der Waals surface area (Å²) in [4.78, 5) is 30.1. The van der Waals surface area contributed by atoms with E-state index in [0.717, 1.165) is 25.3 Å². The van der Waals surface area contributed by atoms with E-state index in [1.165, 1.54) is 0 Å². The summed E-state index contributed by atoms with van der Waals surface area (Å²) >= 11 is 5.84. The number of rotatable bonds is 4. The molecule has 0 spiro atoms. The summed E-state index contributed by atoms with van der Waals surface area (Å²) < 4.78 is 0. The molecule has 2 fully saturated rings. The lowest BCUT2D eigenvalue weighted by Gasteiger charge is -2.40. The number of aliphatic carboxylic acids is 1. The highest BCUT2D eigenvalue weighted by Crippen LogP contribution is 2.33. The van der Waals surface area contributed by atoms with Crippen LogP contribution in [0.25, 0.3) is 0 Å². The van der Waals surface area contributed by atoms with Crippen LogP contribution in [0.4, 0.5) is 5.82 Å². The highest BCUT2D eigenvalue weighted by molar-refractivity contribution is 6.30. The number of hydrogen-bond acceptors (Lipinski definition) is 4. The van der Waals surface area contributed by atoms with Crippen LogP contribution < -0.4 is 10.2 Å². The Bertz CT molecular complexity index is 593. The van der Waals surface area contributed by atoms with E-state index in [4.69, 9.17) is 11.6 Å². The Morgan fingerprint density at radius 3 is 2.48 bits per heavy atom. The minimum absolute atomic E-state index is 0.129. The fourth-order valence-electron chi connectivity index (χ4n) is 3.19. The van der Waals surface area contributed by atoms with Gasteiger partial charge >= 0.3 is 5.97 Å². The van der Waals surface area contributed by atoms with Crippen molar-refractivity contribution in [2.24, 2.45) is 5.92 Å². The van der Waals surface area contributed by atoms with Crippen LogP contribution in [-0.2, 0) is 9.59 Å². The summed E-state index contributed by atoms with van der Waals surface area (Å²) in [6, 6.07) is 3.67. The zero-order chi connectivity index (χ0) is 16.4. The predicted octanol–water partition coefficient (Wildman–Crippen LogP) is 2.07. The molecule has 1 amide bonds. The number of hydrogen-bond donors (Lipinski definition) is 2. The molecule has 23 heavy (non-hydrogen) atoms. The first-order chi connectivity index (χ1) is 11.0. The van der Waals surface area contributed by atoms with Gasteiger partial charge in [-0.15, -0.1) is 0 Å². The maximum absolute atomic E-state index is 12.4. The lowest BCUT2D eigenvalue weighted by atomic mass is 9.76. The second-order valence-electron chi connectivity index (χ2n) is 6.33. The van der Waals surface area contributed by atoms with Gasteiger partial charge in [0.05, 0.1) is 5.02 Å². The Hall–Kier alpha value is -1.82. The lowest BCUT2D eigenvalue weighted by molar-refractivity contribution is -0.152. The first kappa shape index (κ1) is 16.1. The van der Waals surface area contributed by atoms with Crippen molar-refractivity contribution in [2.45, 2.75) is 37.6 Å². The van der Waals surface area contributed by atoms with Crippen molar-refractivity contribution in [3.8, 4) is 0 Å². The molecule has 1 saturated carbocycles. The molecule has 2 aliphatic rings. The Labute approximate surface area is 139 Å². The highest BCUT2D eigenvalue weighted by Gasteiger charge is 2.46. The normalized spacial score (nSPS) is 20.7. The average molecular weight is 338 g/mol. The third-order valence-electron chi connectivity index (χ3n) is 4.88. The van der Waals surface area contributed by atoms with Crippen LogP contribution in [-0.4, -0.2) is 40.6 Å². The summed E-state index contributed by atoms with van der Waals surface area (Å²) in [7, 11) is 0. The number of pyridine rings is 1. The van der Waals surface area contributed by atoms with Gasteiger partial charge in [-0.3, -0.25) is 4.79 Å². The van der Waals surface area contributed by atoms with Crippen molar-refractivity contribution in [2.75, 3.05) is 18.0 Å². The van der Waals surface area contributed by atoms with Crippen molar-refractivity contribution in [1.29, 1.82) is 0 Å². The molecule has 1 aromatic heterocycles. The Morgan fingerprint density at radius 2 is 2.00 bits per heavy atom. The molecule has 0 radical (unpaired) electrons. The molecule has 1 aliphatic carbocycles. The predicted molar refractivity (Wildman–Crippen MR) is 86.5 cm³/mol. The van der Waals surface area contributed by atoms with Crippen LogP contribution in [0.1, 0.15) is 32.1 Å². The van der Waals surface area contributed by atoms with Crippen molar-refractivity contribution in [1.82, 2.24) is 10.3 Å². The van der Waals surface area contributed by atoms with Crippen LogP contribution in [0, 0.1) is 5.92 Å². The molecule has 1 aliphatic heterocycles. The number of nitrogens with one attached hydrogen (secondary N) is 1. The minimum atomic E-state index is -1.02. The molecular formula is C16H20ClN3O3. The summed E-state index contributed by atoms with van der Waals surface area (Å²) in [5.41, 5.74) is -1.02. The third kappa shape index (κ3) is 3.27. The van der Waals surface area contributed by atoms with Crippen LogP contribution in [0.5, 0.6) is 0 Å². The van der Waals surface area contributed by atoms with E-state index in [9.17, 15) is 14.7 Å². The molecule has 0 unspecified atom stereocenters. The number of carboxylic acid groups (broad SMARTS) is 1. The molecule has 0 aromatic carbocycles. The van der Waals surface area contributed by atoms with Gasteiger partial charge in [0.15, 0.2) is 0 Å². The van der Waals surface area contributed by atoms with Crippen LogP contribution >= 0.6 is 11.6 Å². The zero-order valence-corrected chi connectivity index (χ0v) is 13.6. The Morgan fingerprint density at radius 1 is 1.30 bits per heavy atom. The van der Waals surface area contributed by atoms with Gasteiger partial charge in [-0.25, -0.2) is 9.78 Å². The second-order valence-corrected chi connectivity index (χ2v) is 6.76. The molecule has 0 bridgehead atoms. The average Bonchev–Trinajstić information content (AvgIpc) is 2.51. The topological polar surface area (TPSA) is 82.5 Å². The summed E-state index contributed by atoms with van der Waals surface area (Å²) in [6.07, 6.45) is 4.93. The fraction of sp³-hybridized carbons (Fsp3) is 0.562. The monoisotopic (exact) mass is 337 g/mol. The van der Waals surface area contributed by atoms with Gasteiger partial charge in [0.25, 0.3) is 0 Å². The second kappa shape index (κ2) is 6.35.